The Bertz CT molecular complexity index is 976. The lowest BCUT2D eigenvalue weighted by Gasteiger charge is -2.08. The van der Waals surface area contributed by atoms with Crippen LogP contribution in [0.4, 0.5) is 0 Å². The lowest BCUT2D eigenvalue weighted by molar-refractivity contribution is -0.118. The number of hydrogen-bond donors (Lipinski definition) is 1. The average molecular weight is 491 g/mol. The van der Waals surface area contributed by atoms with E-state index in [1.807, 2.05) is 42.5 Å². The third kappa shape index (κ3) is 6.74. The number of carbonyl (C=O) groups excluding carboxylic acids is 1. The number of ether oxygens (including phenoxy) is 3. The van der Waals surface area contributed by atoms with E-state index in [4.69, 9.17) is 14.2 Å². The van der Waals surface area contributed by atoms with E-state index >= 15 is 0 Å². The summed E-state index contributed by atoms with van der Waals surface area (Å²) in [4.78, 5) is 15.2. The first-order valence-electron chi connectivity index (χ1n) is 9.60. The number of nitrogens with zero attached hydrogens (tertiary/aromatic N) is 1. The van der Waals surface area contributed by atoms with Gasteiger partial charge in [0.15, 0.2) is 0 Å². The molecule has 0 radical (unpaired) electrons. The Morgan fingerprint density at radius 1 is 1.13 bits per heavy atom. The predicted molar refractivity (Wildman–Crippen MR) is 121 cm³/mol. The van der Waals surface area contributed by atoms with Gasteiger partial charge >= 0.3 is 0 Å². The van der Waals surface area contributed by atoms with Gasteiger partial charge in [0.2, 0.25) is 11.0 Å². The smallest absolute Gasteiger partial charge is 0.282 e. The Kier molecular flexibility index (Phi) is 8.10. The van der Waals surface area contributed by atoms with E-state index in [-0.39, 0.29) is 5.91 Å². The van der Waals surface area contributed by atoms with Crippen LogP contribution < -0.4 is 19.5 Å². The number of thiazole rings is 1. The van der Waals surface area contributed by atoms with Crippen molar-refractivity contribution in [3.63, 3.8) is 0 Å². The highest BCUT2D eigenvalue weighted by Gasteiger charge is 2.10. The fraction of sp³-hybridized carbons (Fsp3) is 0.273. The van der Waals surface area contributed by atoms with Crippen LogP contribution >= 0.6 is 27.3 Å². The molecule has 1 heterocycles. The maximum absolute atomic E-state index is 10.9. The maximum atomic E-state index is 10.9. The van der Waals surface area contributed by atoms with Crippen molar-refractivity contribution in [2.75, 3.05) is 13.2 Å². The molecule has 0 unspecified atom stereocenters. The molecule has 3 rings (SSSR count). The first kappa shape index (κ1) is 22.1. The number of carbonyl (C=O) groups is 1. The van der Waals surface area contributed by atoms with Crippen LogP contribution in [0, 0.1) is 0 Å². The molecule has 1 aromatic heterocycles. The molecule has 0 fully saturated rings. The number of hydrogen-bond acceptors (Lipinski definition) is 6. The van der Waals surface area contributed by atoms with Gasteiger partial charge in [-0.25, -0.2) is 4.98 Å². The zero-order valence-corrected chi connectivity index (χ0v) is 19.2. The summed E-state index contributed by atoms with van der Waals surface area (Å²) in [5.41, 5.74) is 1.13. The molecule has 3 aromatic rings. The van der Waals surface area contributed by atoms with Crippen molar-refractivity contribution in [2.45, 2.75) is 26.7 Å². The van der Waals surface area contributed by atoms with Crippen molar-refractivity contribution in [1.29, 1.82) is 0 Å². The van der Waals surface area contributed by atoms with E-state index in [1.165, 1.54) is 18.3 Å². The van der Waals surface area contributed by atoms with E-state index in [1.54, 1.807) is 6.20 Å². The maximum Gasteiger partial charge on any atom is 0.282 e. The Balaban J connectivity index is 1.55. The fourth-order valence-corrected chi connectivity index (χ4v) is 3.62. The van der Waals surface area contributed by atoms with Crippen molar-refractivity contribution in [3.8, 4) is 27.5 Å². The zero-order chi connectivity index (χ0) is 21.3. The van der Waals surface area contributed by atoms with E-state index in [2.05, 4.69) is 33.2 Å². The Labute approximate surface area is 188 Å². The average Bonchev–Trinajstić information content (AvgIpc) is 3.16. The summed E-state index contributed by atoms with van der Waals surface area (Å²) in [7, 11) is 0. The first-order chi connectivity index (χ1) is 14.5. The van der Waals surface area contributed by atoms with E-state index in [9.17, 15) is 4.79 Å². The number of nitrogens with one attached hydrogen (secondary N) is 1. The number of aromatic nitrogens is 1. The van der Waals surface area contributed by atoms with Gasteiger partial charge in [0.25, 0.3) is 5.19 Å². The summed E-state index contributed by atoms with van der Waals surface area (Å²) < 4.78 is 18.1. The van der Waals surface area contributed by atoms with Crippen LogP contribution in [0.5, 0.6) is 27.5 Å². The molecule has 0 aliphatic heterocycles. The molecule has 0 spiro atoms. The zero-order valence-electron chi connectivity index (χ0n) is 16.8. The summed E-state index contributed by atoms with van der Waals surface area (Å²) >= 11 is 4.82. The number of halogens is 1. The van der Waals surface area contributed by atoms with Crippen molar-refractivity contribution < 1.29 is 19.0 Å². The van der Waals surface area contributed by atoms with Crippen molar-refractivity contribution in [1.82, 2.24) is 10.3 Å². The van der Waals surface area contributed by atoms with Crippen LogP contribution in [0.25, 0.3) is 0 Å². The van der Waals surface area contributed by atoms with E-state index in [0.717, 1.165) is 28.6 Å². The Hall–Kier alpha value is -2.58. The molecule has 2 aromatic carbocycles. The monoisotopic (exact) mass is 490 g/mol. The minimum atomic E-state index is -0.0222. The van der Waals surface area contributed by atoms with E-state index < -0.39 is 0 Å². The molecule has 0 aliphatic rings. The predicted octanol–water partition coefficient (Wildman–Crippen LogP) is 5.96. The molecule has 0 aliphatic carbocycles. The summed E-state index contributed by atoms with van der Waals surface area (Å²) in [5, 5.41) is 3.91. The second kappa shape index (κ2) is 11.0. The van der Waals surface area contributed by atoms with Crippen LogP contribution in [-0.2, 0) is 11.2 Å². The number of amides is 1. The Morgan fingerprint density at radius 2 is 1.90 bits per heavy atom. The molecule has 158 valence electrons. The van der Waals surface area contributed by atoms with E-state index in [0.29, 0.717) is 34.9 Å². The van der Waals surface area contributed by atoms with Gasteiger partial charge < -0.3 is 19.5 Å². The lowest BCUT2D eigenvalue weighted by Crippen LogP contribution is -2.22. The molecule has 0 bridgehead atoms. The lowest BCUT2D eigenvalue weighted by atomic mass is 10.1. The third-order valence-corrected chi connectivity index (χ3v) is 5.34. The molecule has 8 heteroatoms. The van der Waals surface area contributed by atoms with Gasteiger partial charge in [-0.2, -0.15) is 0 Å². The van der Waals surface area contributed by atoms with Crippen LogP contribution in [0.1, 0.15) is 25.8 Å². The quantitative estimate of drug-likeness (QED) is 0.379. The van der Waals surface area contributed by atoms with Gasteiger partial charge in [-0.15, -0.1) is 0 Å². The van der Waals surface area contributed by atoms with Crippen molar-refractivity contribution in [3.05, 3.63) is 58.7 Å². The third-order valence-electron chi connectivity index (χ3n) is 3.97. The summed E-state index contributed by atoms with van der Waals surface area (Å²) in [6.45, 7) is 4.87. The molecule has 0 saturated heterocycles. The largest absolute Gasteiger partial charge is 0.494 e. The van der Waals surface area contributed by atoms with Gasteiger partial charge in [-0.05, 0) is 76.0 Å². The highest BCUT2D eigenvalue weighted by molar-refractivity contribution is 9.10. The molecule has 0 saturated carbocycles. The standard InChI is InChI=1S/C22H23BrN2O4S/c1-3-12-27-18-8-9-20(19(23)13-18)29-22-25-14-21(30-22)28-17-6-4-16(5-7-17)10-11-24-15(2)26/h4-9,13-14H,3,10-12H2,1-2H3,(H,24,26). The highest BCUT2D eigenvalue weighted by atomic mass is 79.9. The molecule has 30 heavy (non-hydrogen) atoms. The molecular formula is C22H23BrN2O4S. The van der Waals surface area contributed by atoms with Gasteiger partial charge in [0.05, 0.1) is 17.3 Å². The molecule has 1 amide bonds. The molecule has 6 nitrogen and oxygen atoms in total. The summed E-state index contributed by atoms with van der Waals surface area (Å²) in [5.74, 6) is 2.14. The second-order valence-electron chi connectivity index (χ2n) is 6.47. The molecule has 0 atom stereocenters. The van der Waals surface area contributed by atoms with Gasteiger partial charge in [-0.1, -0.05) is 19.1 Å². The fourth-order valence-electron chi connectivity index (χ4n) is 2.53. The van der Waals surface area contributed by atoms with Gasteiger partial charge in [-0.3, -0.25) is 4.79 Å². The van der Waals surface area contributed by atoms with Gasteiger partial charge in [0, 0.05) is 13.5 Å². The van der Waals surface area contributed by atoms with Gasteiger partial charge in [0.1, 0.15) is 17.2 Å². The Morgan fingerprint density at radius 3 is 2.60 bits per heavy atom. The number of benzene rings is 2. The van der Waals surface area contributed by atoms with Crippen molar-refractivity contribution >= 4 is 33.2 Å². The first-order valence-corrected chi connectivity index (χ1v) is 11.2. The summed E-state index contributed by atoms with van der Waals surface area (Å²) in [6.07, 6.45) is 3.37. The molecular weight excluding hydrogens is 468 g/mol. The minimum absolute atomic E-state index is 0.0222. The van der Waals surface area contributed by atoms with Crippen LogP contribution in [0.15, 0.2) is 53.1 Å². The minimum Gasteiger partial charge on any atom is -0.494 e. The topological polar surface area (TPSA) is 69.7 Å². The van der Waals surface area contributed by atoms with Crippen LogP contribution in [-0.4, -0.2) is 24.0 Å². The highest BCUT2D eigenvalue weighted by Crippen LogP contribution is 2.37. The molecule has 1 N–H and O–H groups in total. The van der Waals surface area contributed by atoms with Crippen LogP contribution in [0.3, 0.4) is 0 Å². The normalized spacial score (nSPS) is 10.5. The second-order valence-corrected chi connectivity index (χ2v) is 8.28. The number of rotatable bonds is 10. The van der Waals surface area contributed by atoms with Crippen LogP contribution in [0.2, 0.25) is 0 Å². The SMILES string of the molecule is CCCOc1ccc(Oc2ncc(Oc3ccc(CCNC(C)=O)cc3)s2)c(Br)c1. The van der Waals surface area contributed by atoms with Crippen molar-refractivity contribution in [2.24, 2.45) is 0 Å². The summed E-state index contributed by atoms with van der Waals surface area (Å²) in [6, 6.07) is 13.3.